The third kappa shape index (κ3) is 9.76. The number of carbonyl (C=O) groups excluding carboxylic acids is 1. The molecule has 2 rings (SSSR count). The van der Waals surface area contributed by atoms with Crippen molar-refractivity contribution in [2.24, 2.45) is 0 Å². The molecule has 213 valence electrons. The van der Waals surface area contributed by atoms with Crippen LogP contribution in [0.25, 0.3) is 0 Å². The first kappa shape index (κ1) is 35.2. The van der Waals surface area contributed by atoms with Crippen LogP contribution in [0.15, 0.2) is 0 Å². The molecular formula is C21H41AuNO11S. The van der Waals surface area contributed by atoms with E-state index in [-0.39, 0.29) is 29.8 Å². The van der Waals surface area contributed by atoms with Gasteiger partial charge in [0, 0.05) is 35.9 Å². The van der Waals surface area contributed by atoms with Crippen molar-refractivity contribution in [2.45, 2.75) is 95.0 Å². The van der Waals surface area contributed by atoms with Crippen LogP contribution in [-0.4, -0.2) is 130 Å². The molecule has 0 spiro atoms. The fourth-order valence-corrected chi connectivity index (χ4v) is 4.31. The summed E-state index contributed by atoms with van der Waals surface area (Å²) in [6, 6.07) is -1.04. The third-order valence-electron chi connectivity index (χ3n) is 5.64. The zero-order valence-electron chi connectivity index (χ0n) is 19.2. The minimum absolute atomic E-state index is 0. The number of carbonyl (C=O) groups is 1. The van der Waals surface area contributed by atoms with Crippen molar-refractivity contribution in [1.29, 1.82) is 0 Å². The van der Waals surface area contributed by atoms with Crippen LogP contribution in [0.2, 0.25) is 0 Å². The maximum absolute atomic E-state index is 11.9. The Morgan fingerprint density at radius 3 is 2.09 bits per heavy atom. The normalized spacial score (nSPS) is 37.1. The number of rotatable bonds is 12. The van der Waals surface area contributed by atoms with E-state index in [9.17, 15) is 35.4 Å². The minimum Gasteiger partial charge on any atom is -0.394 e. The van der Waals surface area contributed by atoms with Crippen LogP contribution in [0.1, 0.15) is 33.6 Å². The van der Waals surface area contributed by atoms with Gasteiger partial charge >= 0.3 is 0 Å². The Morgan fingerprint density at radius 1 is 0.914 bits per heavy atom. The van der Waals surface area contributed by atoms with Gasteiger partial charge in [-0.3, -0.25) is 4.79 Å². The summed E-state index contributed by atoms with van der Waals surface area (Å²) in [6.07, 6.45) is -7.96. The molecule has 2 aliphatic heterocycles. The van der Waals surface area contributed by atoms with Crippen molar-refractivity contribution in [3.05, 3.63) is 0 Å². The van der Waals surface area contributed by atoms with Gasteiger partial charge in [-0.2, -0.15) is 11.8 Å². The Bertz CT molecular complexity index is 593. The Labute approximate surface area is 226 Å². The Morgan fingerprint density at radius 2 is 1.51 bits per heavy atom. The Kier molecular flexibility index (Phi) is 17.7. The summed E-state index contributed by atoms with van der Waals surface area (Å²) in [5.41, 5.74) is 0. The van der Waals surface area contributed by atoms with E-state index in [0.717, 1.165) is 25.0 Å². The van der Waals surface area contributed by atoms with Gasteiger partial charge in [-0.15, -0.1) is 0 Å². The van der Waals surface area contributed by atoms with E-state index in [0.29, 0.717) is 6.61 Å². The van der Waals surface area contributed by atoms with Gasteiger partial charge in [0.2, 0.25) is 5.91 Å². The second-order valence-electron chi connectivity index (χ2n) is 8.16. The van der Waals surface area contributed by atoms with Gasteiger partial charge in [-0.1, -0.05) is 13.8 Å². The molecule has 0 aliphatic carbocycles. The van der Waals surface area contributed by atoms with E-state index in [2.05, 4.69) is 5.32 Å². The molecule has 1 radical (unpaired) electrons. The largest absolute Gasteiger partial charge is 0.394 e. The van der Waals surface area contributed by atoms with Crippen molar-refractivity contribution in [3.8, 4) is 0 Å². The van der Waals surface area contributed by atoms with Crippen LogP contribution in [0, 0.1) is 0 Å². The van der Waals surface area contributed by atoms with Gasteiger partial charge in [0.05, 0.1) is 13.2 Å². The second kappa shape index (κ2) is 17.6. The molecule has 2 saturated heterocycles. The summed E-state index contributed by atoms with van der Waals surface area (Å²) in [6.45, 7) is 0.332. The summed E-state index contributed by atoms with van der Waals surface area (Å²) in [5.74, 6) is 0.566. The first-order valence-electron chi connectivity index (χ1n) is 11.0. The van der Waals surface area contributed by atoms with E-state index >= 15 is 0 Å². The monoisotopic (exact) mass is 712 g/mol. The number of aliphatic hydroxyl groups is 6. The standard InChI is InChI=1S/C20H37NO11S.CH4.Au/c1-10(24)21-13-18(32-20-17(28)16(27)14(25)11(8-22)31-20)15(26)12(9-23)30-19(13)29-6-4-3-5-7-33-2;;/h11-20,22-23,25-28H,3-9H2,1-2H3,(H,21,24);1H4;/t11?,12?,13-,14-,15-,16?,17-,18?,19-,20-;;/m1../s1. The molecule has 14 heteroatoms. The number of aliphatic hydroxyl groups excluding tert-OH is 6. The fraction of sp³-hybridized carbons (Fsp3) is 0.952. The quantitative estimate of drug-likeness (QED) is 0.0868. The van der Waals surface area contributed by atoms with Crippen LogP contribution >= 0.6 is 11.8 Å². The molecule has 0 aromatic heterocycles. The molecule has 0 bridgehead atoms. The van der Waals surface area contributed by atoms with Crippen molar-refractivity contribution < 1.29 is 76.8 Å². The van der Waals surface area contributed by atoms with E-state index in [4.69, 9.17) is 18.9 Å². The van der Waals surface area contributed by atoms with Gasteiger partial charge < -0.3 is 54.9 Å². The summed E-state index contributed by atoms with van der Waals surface area (Å²) in [4.78, 5) is 11.9. The predicted octanol–water partition coefficient (Wildman–Crippen LogP) is -2.06. The number of amides is 1. The van der Waals surface area contributed by atoms with Crippen LogP contribution in [-0.2, 0) is 46.1 Å². The summed E-state index contributed by atoms with van der Waals surface area (Å²) in [5, 5.41) is 62.7. The van der Waals surface area contributed by atoms with Crippen molar-refractivity contribution in [2.75, 3.05) is 31.8 Å². The van der Waals surface area contributed by atoms with E-state index in [1.807, 2.05) is 6.26 Å². The zero-order valence-corrected chi connectivity index (χ0v) is 22.1. The molecule has 0 saturated carbocycles. The number of thioether (sulfide) groups is 1. The summed E-state index contributed by atoms with van der Waals surface area (Å²) < 4.78 is 22.6. The summed E-state index contributed by atoms with van der Waals surface area (Å²) in [7, 11) is 0. The van der Waals surface area contributed by atoms with Gasteiger partial charge in [-0.25, -0.2) is 0 Å². The predicted molar refractivity (Wildman–Crippen MR) is 123 cm³/mol. The van der Waals surface area contributed by atoms with Gasteiger partial charge in [0.15, 0.2) is 12.6 Å². The molecule has 10 atom stereocenters. The average molecular weight is 713 g/mol. The topological polar surface area (TPSA) is 187 Å². The molecule has 4 unspecified atom stereocenters. The molecule has 2 aliphatic rings. The maximum atomic E-state index is 11.9. The molecule has 1 amide bonds. The molecule has 7 N–H and O–H groups in total. The van der Waals surface area contributed by atoms with Crippen LogP contribution < -0.4 is 5.32 Å². The Hall–Kier alpha value is 0.160. The molecule has 35 heavy (non-hydrogen) atoms. The molecule has 2 heterocycles. The van der Waals surface area contributed by atoms with Gasteiger partial charge in [0.1, 0.15) is 48.8 Å². The first-order valence-corrected chi connectivity index (χ1v) is 12.4. The molecular weight excluding hydrogens is 671 g/mol. The van der Waals surface area contributed by atoms with E-state index in [1.165, 1.54) is 6.92 Å². The first-order chi connectivity index (χ1) is 15.7. The minimum atomic E-state index is -1.71. The smallest absolute Gasteiger partial charge is 0.217 e. The van der Waals surface area contributed by atoms with Crippen molar-refractivity contribution >= 4 is 17.7 Å². The van der Waals surface area contributed by atoms with Crippen molar-refractivity contribution in [3.63, 3.8) is 0 Å². The summed E-state index contributed by atoms with van der Waals surface area (Å²) >= 11 is 1.75. The molecule has 12 nitrogen and oxygen atoms in total. The van der Waals surface area contributed by atoms with Crippen LogP contribution in [0.3, 0.4) is 0 Å². The number of nitrogens with one attached hydrogen (secondary N) is 1. The second-order valence-corrected chi connectivity index (χ2v) is 9.15. The zero-order chi connectivity index (χ0) is 24.5. The number of hydrogen-bond donors (Lipinski definition) is 7. The number of hydrogen-bond acceptors (Lipinski definition) is 12. The number of unbranched alkanes of at least 4 members (excludes halogenated alkanes) is 2. The fourth-order valence-electron chi connectivity index (χ4n) is 3.82. The van der Waals surface area contributed by atoms with E-state index < -0.39 is 80.5 Å². The average Bonchev–Trinajstić information content (AvgIpc) is 2.79. The van der Waals surface area contributed by atoms with Gasteiger partial charge in [0.25, 0.3) is 0 Å². The third-order valence-corrected chi connectivity index (χ3v) is 6.34. The SMILES string of the molecule is C.CSCCCCCO[C@@H]1OC(CO)[C@@H](O)C(O[C@H]2OC(CO)[C@@H](O)C(O)[C@H]2O)[C@H]1NC(C)=O.[Au]. The molecule has 2 fully saturated rings. The number of ether oxygens (including phenoxy) is 4. The maximum Gasteiger partial charge on any atom is 0.217 e. The molecule has 0 aromatic carbocycles. The van der Waals surface area contributed by atoms with Crippen LogP contribution in [0.5, 0.6) is 0 Å². The van der Waals surface area contributed by atoms with Crippen molar-refractivity contribution in [1.82, 2.24) is 5.32 Å². The van der Waals surface area contributed by atoms with Crippen LogP contribution in [0.4, 0.5) is 0 Å². The Balaban J connectivity index is 0.00000578. The molecule has 0 aromatic rings. The van der Waals surface area contributed by atoms with Gasteiger partial charge in [-0.05, 0) is 24.9 Å². The van der Waals surface area contributed by atoms with E-state index in [1.54, 1.807) is 11.8 Å².